The Hall–Kier alpha value is -4.57. The number of carboxylic acids is 1. The molecule has 3 amide bonds. The minimum Gasteiger partial charge on any atom is -0.480 e. The van der Waals surface area contributed by atoms with E-state index < -0.39 is 47.9 Å². The van der Waals surface area contributed by atoms with Gasteiger partial charge in [0.25, 0.3) is 0 Å². The summed E-state index contributed by atoms with van der Waals surface area (Å²) in [5, 5.41) is 18.7. The highest BCUT2D eigenvalue weighted by Crippen LogP contribution is 2.19. The third kappa shape index (κ3) is 10.3. The maximum Gasteiger partial charge on any atom is 0.326 e. The van der Waals surface area contributed by atoms with Crippen LogP contribution in [0.25, 0.3) is 10.9 Å². The van der Waals surface area contributed by atoms with Gasteiger partial charge in [0.2, 0.25) is 17.7 Å². The number of nitrogens with one attached hydrogen (secondary N) is 5. The zero-order valence-electron chi connectivity index (χ0n) is 24.4. The van der Waals surface area contributed by atoms with E-state index in [0.29, 0.717) is 17.9 Å². The van der Waals surface area contributed by atoms with Crippen LogP contribution in [0, 0.1) is 0 Å². The number of para-hydroxylation sites is 1. The summed E-state index contributed by atoms with van der Waals surface area (Å²) in [4.78, 5) is 65.7. The van der Waals surface area contributed by atoms with Crippen molar-refractivity contribution in [3.63, 3.8) is 0 Å². The number of carbonyl (C=O) groups excluding carboxylic acids is 3. The lowest BCUT2D eigenvalue weighted by atomic mass is 10.0. The molecule has 0 aliphatic rings. The number of carboxylic acid groups (broad SMARTS) is 1. The van der Waals surface area contributed by atoms with Crippen LogP contribution in [0.1, 0.15) is 30.5 Å². The number of nitrogens with zero attached hydrogens (tertiary/aromatic N) is 2. The van der Waals surface area contributed by atoms with E-state index in [1.165, 1.54) is 18.1 Å². The van der Waals surface area contributed by atoms with Crippen molar-refractivity contribution in [2.45, 2.75) is 56.3 Å². The highest BCUT2D eigenvalue weighted by atomic mass is 32.2. The number of fused-ring (bicyclic) bond motifs is 1. The van der Waals surface area contributed by atoms with E-state index in [0.717, 1.165) is 16.5 Å². The molecule has 0 fully saturated rings. The van der Waals surface area contributed by atoms with Gasteiger partial charge in [0.15, 0.2) is 5.96 Å². The van der Waals surface area contributed by atoms with Crippen molar-refractivity contribution in [3.05, 3.63) is 54.2 Å². The number of H-pyrrole nitrogens is 2. The van der Waals surface area contributed by atoms with Crippen LogP contribution >= 0.6 is 11.8 Å². The minimum atomic E-state index is -1.24. The predicted molar refractivity (Wildman–Crippen MR) is 169 cm³/mol. The van der Waals surface area contributed by atoms with Crippen LogP contribution in [0.4, 0.5) is 0 Å². The number of aromatic amines is 2. The maximum absolute atomic E-state index is 13.5. The fourth-order valence-corrected chi connectivity index (χ4v) is 5.02. The summed E-state index contributed by atoms with van der Waals surface area (Å²) in [6.45, 7) is 0.215. The fourth-order valence-electron chi connectivity index (χ4n) is 4.55. The molecule has 1 aromatic carbocycles. The number of rotatable bonds is 18. The number of aliphatic carboxylic acids is 1. The van der Waals surface area contributed by atoms with Gasteiger partial charge in [0, 0.05) is 48.4 Å². The quantitative estimate of drug-likeness (QED) is 0.0488. The molecule has 16 heteroatoms. The average molecular weight is 629 g/mol. The smallest absolute Gasteiger partial charge is 0.326 e. The second-order valence-electron chi connectivity index (χ2n) is 10.2. The summed E-state index contributed by atoms with van der Waals surface area (Å²) in [7, 11) is 0. The van der Waals surface area contributed by atoms with E-state index in [-0.39, 0.29) is 38.2 Å². The first-order valence-corrected chi connectivity index (χ1v) is 15.4. The summed E-state index contributed by atoms with van der Waals surface area (Å²) in [6, 6.07) is 3.11. The predicted octanol–water partition coefficient (Wildman–Crippen LogP) is -0.651. The van der Waals surface area contributed by atoms with Crippen molar-refractivity contribution in [2.75, 3.05) is 18.6 Å². The van der Waals surface area contributed by atoms with Gasteiger partial charge in [-0.15, -0.1) is 0 Å². The lowest BCUT2D eigenvalue weighted by Crippen LogP contribution is -2.57. The van der Waals surface area contributed by atoms with Gasteiger partial charge in [-0.1, -0.05) is 18.2 Å². The average Bonchev–Trinajstić information content (AvgIpc) is 3.66. The molecule has 0 radical (unpaired) electrons. The van der Waals surface area contributed by atoms with Crippen LogP contribution in [-0.4, -0.2) is 92.4 Å². The highest BCUT2D eigenvalue weighted by molar-refractivity contribution is 7.98. The molecule has 12 N–H and O–H groups in total. The van der Waals surface area contributed by atoms with Crippen LogP contribution < -0.4 is 33.2 Å². The summed E-state index contributed by atoms with van der Waals surface area (Å²) < 4.78 is 0. The van der Waals surface area contributed by atoms with E-state index in [2.05, 4.69) is 35.9 Å². The Kier molecular flexibility index (Phi) is 13.0. The van der Waals surface area contributed by atoms with Gasteiger partial charge in [-0.3, -0.25) is 19.4 Å². The number of amides is 3. The number of aromatic nitrogens is 3. The van der Waals surface area contributed by atoms with Crippen LogP contribution in [0.2, 0.25) is 0 Å². The molecule has 4 atom stereocenters. The first-order chi connectivity index (χ1) is 21.1. The Morgan fingerprint density at radius 2 is 1.66 bits per heavy atom. The van der Waals surface area contributed by atoms with Crippen LogP contribution in [0.5, 0.6) is 0 Å². The highest BCUT2D eigenvalue weighted by Gasteiger charge is 2.30. The minimum absolute atomic E-state index is 0.0337. The maximum atomic E-state index is 13.5. The molecule has 2 aromatic heterocycles. The van der Waals surface area contributed by atoms with Crippen molar-refractivity contribution >= 4 is 52.3 Å². The first kappa shape index (κ1) is 33.9. The molecule has 44 heavy (non-hydrogen) atoms. The molecule has 0 aliphatic carbocycles. The Balaban J connectivity index is 1.72. The molecule has 3 aromatic rings. The monoisotopic (exact) mass is 628 g/mol. The van der Waals surface area contributed by atoms with E-state index in [1.807, 2.05) is 30.5 Å². The van der Waals surface area contributed by atoms with Gasteiger partial charge in [0.1, 0.15) is 18.1 Å². The number of carbonyl (C=O) groups is 4. The zero-order chi connectivity index (χ0) is 32.1. The molecule has 15 nitrogen and oxygen atoms in total. The van der Waals surface area contributed by atoms with Crippen molar-refractivity contribution in [1.82, 2.24) is 30.9 Å². The van der Waals surface area contributed by atoms with Crippen molar-refractivity contribution in [3.8, 4) is 0 Å². The number of nitrogens with two attached hydrogens (primary N) is 3. The number of thioether (sulfide) groups is 1. The number of aliphatic imine (C=N–C) groups is 1. The lowest BCUT2D eigenvalue weighted by molar-refractivity contribution is -0.142. The van der Waals surface area contributed by atoms with Crippen LogP contribution in [0.15, 0.2) is 48.0 Å². The Labute approximate surface area is 258 Å². The van der Waals surface area contributed by atoms with Crippen LogP contribution in [0.3, 0.4) is 0 Å². The zero-order valence-corrected chi connectivity index (χ0v) is 25.2. The van der Waals surface area contributed by atoms with E-state index in [1.54, 1.807) is 12.4 Å². The molecular formula is C28H40N10O5S. The number of hydrogen-bond acceptors (Lipinski definition) is 8. The number of benzene rings is 1. The van der Waals surface area contributed by atoms with E-state index in [9.17, 15) is 24.3 Å². The standard InChI is InChI=1S/C28H40N10O5S/c1-44-10-8-22(26(41)38-23(27(42)43)11-16-13-34-20-6-3-2-5-18(16)20)37-25(40)21(7-4-9-33-28(30)31)36-24(39)19(29)12-17-14-32-15-35-17/h2-3,5-6,13-15,19,21-23,34H,4,7-12,29H2,1H3,(H,32,35)(H,36,39)(H,37,40)(H,38,41)(H,42,43)(H4,30,31,33). The summed E-state index contributed by atoms with van der Waals surface area (Å²) in [6.07, 6.45) is 7.51. The van der Waals surface area contributed by atoms with E-state index in [4.69, 9.17) is 17.2 Å². The Morgan fingerprint density at radius 3 is 2.32 bits per heavy atom. The molecule has 0 aliphatic heterocycles. The lowest BCUT2D eigenvalue weighted by Gasteiger charge is -2.25. The first-order valence-electron chi connectivity index (χ1n) is 14.0. The molecular weight excluding hydrogens is 588 g/mol. The second kappa shape index (κ2) is 16.9. The SMILES string of the molecule is CSCCC(NC(=O)C(CCCN=C(N)N)NC(=O)C(N)Cc1cnc[nH]1)C(=O)NC(Cc1c[nH]c2ccccc12)C(=O)O. The molecule has 0 saturated heterocycles. The van der Waals surface area contributed by atoms with Crippen molar-refractivity contribution in [2.24, 2.45) is 22.2 Å². The topological polar surface area (TPSA) is 259 Å². The Morgan fingerprint density at radius 1 is 0.977 bits per heavy atom. The number of guanidine groups is 1. The molecule has 3 rings (SSSR count). The van der Waals surface area contributed by atoms with Gasteiger partial charge >= 0.3 is 5.97 Å². The van der Waals surface area contributed by atoms with Crippen LogP contribution in [-0.2, 0) is 32.0 Å². The van der Waals surface area contributed by atoms with Gasteiger partial charge in [-0.05, 0) is 42.9 Å². The number of imidazole rings is 1. The molecule has 4 unspecified atom stereocenters. The van der Waals surface area contributed by atoms with Gasteiger partial charge in [0.05, 0.1) is 12.4 Å². The summed E-state index contributed by atoms with van der Waals surface area (Å²) >= 11 is 1.46. The molecule has 0 spiro atoms. The van der Waals surface area contributed by atoms with Crippen molar-refractivity contribution < 1.29 is 24.3 Å². The molecule has 0 saturated carbocycles. The van der Waals surface area contributed by atoms with Crippen molar-refractivity contribution in [1.29, 1.82) is 0 Å². The van der Waals surface area contributed by atoms with E-state index >= 15 is 0 Å². The normalized spacial score (nSPS) is 13.8. The largest absolute Gasteiger partial charge is 0.480 e. The summed E-state index contributed by atoms with van der Waals surface area (Å²) in [5.41, 5.74) is 19.1. The summed E-state index contributed by atoms with van der Waals surface area (Å²) in [5.74, 6) is -2.66. The van der Waals surface area contributed by atoms with Gasteiger partial charge < -0.3 is 48.2 Å². The third-order valence-corrected chi connectivity index (χ3v) is 7.51. The second-order valence-corrected chi connectivity index (χ2v) is 11.2. The molecule has 0 bridgehead atoms. The molecule has 2 heterocycles. The Bertz CT molecular complexity index is 1420. The number of hydrogen-bond donors (Lipinski definition) is 9. The molecule has 238 valence electrons. The van der Waals surface area contributed by atoms with Gasteiger partial charge in [-0.2, -0.15) is 11.8 Å². The third-order valence-electron chi connectivity index (χ3n) is 6.87. The fraction of sp³-hybridized carbons (Fsp3) is 0.429. The van der Waals surface area contributed by atoms with Gasteiger partial charge in [-0.25, -0.2) is 9.78 Å².